The quantitative estimate of drug-likeness (QED) is 0.675. The number of hydrogen-bond acceptors (Lipinski definition) is 5. The van der Waals surface area contributed by atoms with Crippen LogP contribution in [0.3, 0.4) is 0 Å². The van der Waals surface area contributed by atoms with Crippen LogP contribution >= 0.6 is 11.6 Å². The fraction of sp³-hybridized carbons (Fsp3) is 0.273. The van der Waals surface area contributed by atoms with Gasteiger partial charge in [0.2, 0.25) is 0 Å². The molecule has 0 saturated heterocycles. The lowest BCUT2D eigenvalue weighted by Crippen LogP contribution is -2.53. The number of anilines is 1. The summed E-state index contributed by atoms with van der Waals surface area (Å²) in [5.41, 5.74) is 1.33. The number of aromatic nitrogens is 2. The molecule has 3 aromatic rings. The highest BCUT2D eigenvalue weighted by Gasteiger charge is 2.45. The lowest BCUT2D eigenvalue weighted by Gasteiger charge is -2.47. The van der Waals surface area contributed by atoms with Crippen molar-refractivity contribution in [1.82, 2.24) is 9.97 Å². The minimum Gasteiger partial charge on any atom is -0.485 e. The van der Waals surface area contributed by atoms with Crippen LogP contribution in [0.2, 0.25) is 5.02 Å². The van der Waals surface area contributed by atoms with Crippen LogP contribution in [0.4, 0.5) is 5.69 Å². The summed E-state index contributed by atoms with van der Waals surface area (Å²) in [4.78, 5) is 9.54. The molecule has 2 heterocycles. The van der Waals surface area contributed by atoms with Crippen molar-refractivity contribution < 1.29 is 9.84 Å². The first kappa shape index (κ1) is 19.3. The zero-order chi connectivity index (χ0) is 20.6. The Kier molecular flexibility index (Phi) is 4.95. The Labute approximate surface area is 174 Å². The van der Waals surface area contributed by atoms with E-state index in [0.29, 0.717) is 22.9 Å². The molecular formula is C22H21ClN4O2. The van der Waals surface area contributed by atoms with E-state index < -0.39 is 17.7 Å². The molecule has 0 spiro atoms. The molecule has 29 heavy (non-hydrogen) atoms. The first-order valence-corrected chi connectivity index (χ1v) is 9.68. The summed E-state index contributed by atoms with van der Waals surface area (Å²) < 4.78 is 6.07. The molecule has 0 aliphatic carbocycles. The van der Waals surface area contributed by atoms with Crippen molar-refractivity contribution in [3.8, 4) is 11.8 Å². The van der Waals surface area contributed by atoms with Gasteiger partial charge in [0.15, 0.2) is 0 Å². The fourth-order valence-corrected chi connectivity index (χ4v) is 3.83. The number of halogens is 1. The molecule has 2 N–H and O–H groups in total. The first-order chi connectivity index (χ1) is 13.9. The van der Waals surface area contributed by atoms with Crippen molar-refractivity contribution in [1.29, 1.82) is 5.26 Å². The molecule has 0 amide bonds. The number of nitrogens with one attached hydrogen (secondary N) is 1. The van der Waals surface area contributed by atoms with E-state index in [9.17, 15) is 10.4 Å². The van der Waals surface area contributed by atoms with Crippen LogP contribution in [0.25, 0.3) is 0 Å². The monoisotopic (exact) mass is 408 g/mol. The van der Waals surface area contributed by atoms with Crippen molar-refractivity contribution in [2.75, 3.05) is 4.90 Å². The Bertz CT molecular complexity index is 1040. The Morgan fingerprint density at radius 3 is 2.69 bits per heavy atom. The van der Waals surface area contributed by atoms with Gasteiger partial charge in [0.05, 0.1) is 24.2 Å². The molecule has 6 nitrogen and oxygen atoms in total. The standard InChI is InChI=1S/C22H21ClN4O2/c1-22(2)21(28)20(17-11-14(12-24)3-8-18(17)29-22)27(13-19-25-9-10-26-19)16-6-4-15(23)5-7-16/h3-11,20-21,28H,13H2,1-2H3,(H,25,26)/t20?,21-/m0/s1. The number of hydrogen-bond donors (Lipinski definition) is 2. The van der Waals surface area contributed by atoms with E-state index in [1.807, 2.05) is 38.1 Å². The summed E-state index contributed by atoms with van der Waals surface area (Å²) in [7, 11) is 0. The van der Waals surface area contributed by atoms with Crippen LogP contribution in [0.1, 0.15) is 36.8 Å². The second kappa shape index (κ2) is 7.43. The lowest BCUT2D eigenvalue weighted by molar-refractivity contribution is -0.0590. The molecule has 1 aliphatic heterocycles. The highest BCUT2D eigenvalue weighted by atomic mass is 35.5. The maximum absolute atomic E-state index is 11.3. The van der Waals surface area contributed by atoms with Crippen LogP contribution in [0.15, 0.2) is 54.9 Å². The number of H-pyrrole nitrogens is 1. The summed E-state index contributed by atoms with van der Waals surface area (Å²) in [6.45, 7) is 4.15. The van der Waals surface area contributed by atoms with E-state index in [2.05, 4.69) is 20.9 Å². The average Bonchev–Trinajstić information content (AvgIpc) is 3.21. The van der Waals surface area contributed by atoms with Gasteiger partial charge >= 0.3 is 0 Å². The Morgan fingerprint density at radius 2 is 2.03 bits per heavy atom. The van der Waals surface area contributed by atoms with Gasteiger partial charge in [-0.2, -0.15) is 5.26 Å². The second-order valence-electron chi connectivity index (χ2n) is 7.60. The molecule has 4 rings (SSSR count). The van der Waals surface area contributed by atoms with Gasteiger partial charge in [-0.1, -0.05) is 11.6 Å². The smallest absolute Gasteiger partial charge is 0.132 e. The molecule has 1 unspecified atom stereocenters. The highest BCUT2D eigenvalue weighted by Crippen LogP contribution is 2.45. The van der Waals surface area contributed by atoms with Crippen molar-refractivity contribution in [3.05, 3.63) is 76.8 Å². The molecule has 1 aromatic heterocycles. The van der Waals surface area contributed by atoms with Crippen LogP contribution in [0, 0.1) is 11.3 Å². The SMILES string of the molecule is CC1(C)Oc2ccc(C#N)cc2C(N(Cc2ncc[nH]2)c2ccc(Cl)cc2)[C@@H]1O. The third kappa shape index (κ3) is 3.67. The normalized spacial score (nSPS) is 19.7. The predicted molar refractivity (Wildman–Crippen MR) is 111 cm³/mol. The molecule has 0 bridgehead atoms. The number of fused-ring (bicyclic) bond motifs is 1. The molecule has 0 fully saturated rings. The third-order valence-corrected chi connectivity index (χ3v) is 5.46. The number of ether oxygens (including phenoxy) is 1. The van der Waals surface area contributed by atoms with Gasteiger partial charge in [0, 0.05) is 28.7 Å². The van der Waals surface area contributed by atoms with Gasteiger partial charge in [-0.05, 0) is 56.3 Å². The molecular weight excluding hydrogens is 388 g/mol. The van der Waals surface area contributed by atoms with E-state index in [0.717, 1.165) is 17.1 Å². The van der Waals surface area contributed by atoms with Crippen molar-refractivity contribution in [2.45, 2.75) is 38.1 Å². The number of aliphatic hydroxyl groups is 1. The number of benzene rings is 2. The van der Waals surface area contributed by atoms with Gasteiger partial charge in [-0.15, -0.1) is 0 Å². The van der Waals surface area contributed by atoms with E-state index in [-0.39, 0.29) is 0 Å². The average molecular weight is 409 g/mol. The third-order valence-electron chi connectivity index (χ3n) is 5.21. The number of imidazole rings is 1. The topological polar surface area (TPSA) is 85.2 Å². The summed E-state index contributed by atoms with van der Waals surface area (Å²) in [6, 6.07) is 14.5. The number of aliphatic hydroxyl groups excluding tert-OH is 1. The molecule has 2 atom stereocenters. The van der Waals surface area contributed by atoms with E-state index in [4.69, 9.17) is 16.3 Å². The summed E-state index contributed by atoms with van der Waals surface area (Å²) in [5.74, 6) is 1.41. The molecule has 1 aliphatic rings. The van der Waals surface area contributed by atoms with E-state index in [1.54, 1.807) is 30.6 Å². The van der Waals surface area contributed by atoms with Crippen LogP contribution in [-0.4, -0.2) is 26.8 Å². The molecule has 2 aromatic carbocycles. The number of rotatable bonds is 4. The summed E-state index contributed by atoms with van der Waals surface area (Å²) >= 11 is 6.10. The Balaban J connectivity index is 1.88. The van der Waals surface area contributed by atoms with Crippen LogP contribution in [0.5, 0.6) is 5.75 Å². The van der Waals surface area contributed by atoms with Gasteiger partial charge in [0.1, 0.15) is 23.3 Å². The number of nitriles is 1. The largest absolute Gasteiger partial charge is 0.485 e. The summed E-state index contributed by atoms with van der Waals surface area (Å²) in [6.07, 6.45) is 2.61. The van der Waals surface area contributed by atoms with Crippen molar-refractivity contribution in [3.63, 3.8) is 0 Å². The van der Waals surface area contributed by atoms with Gasteiger partial charge in [-0.3, -0.25) is 0 Å². The van der Waals surface area contributed by atoms with Gasteiger partial charge < -0.3 is 19.7 Å². The lowest BCUT2D eigenvalue weighted by atomic mass is 9.84. The predicted octanol–water partition coefficient (Wildman–Crippen LogP) is 4.21. The summed E-state index contributed by atoms with van der Waals surface area (Å²) in [5, 5.41) is 21.3. The Hall–Kier alpha value is -3.01. The van der Waals surface area contributed by atoms with Crippen molar-refractivity contribution >= 4 is 17.3 Å². The van der Waals surface area contributed by atoms with Crippen molar-refractivity contribution in [2.24, 2.45) is 0 Å². The van der Waals surface area contributed by atoms with Crippen LogP contribution in [-0.2, 0) is 6.54 Å². The zero-order valence-electron chi connectivity index (χ0n) is 16.1. The van der Waals surface area contributed by atoms with Gasteiger partial charge in [-0.25, -0.2) is 4.98 Å². The fourth-order valence-electron chi connectivity index (χ4n) is 3.70. The van der Waals surface area contributed by atoms with Gasteiger partial charge in [0.25, 0.3) is 0 Å². The maximum atomic E-state index is 11.3. The maximum Gasteiger partial charge on any atom is 0.132 e. The Morgan fingerprint density at radius 1 is 1.28 bits per heavy atom. The van der Waals surface area contributed by atoms with E-state index >= 15 is 0 Å². The second-order valence-corrected chi connectivity index (χ2v) is 8.04. The molecule has 7 heteroatoms. The number of nitrogens with zero attached hydrogens (tertiary/aromatic N) is 3. The molecule has 148 valence electrons. The molecule has 0 radical (unpaired) electrons. The first-order valence-electron chi connectivity index (χ1n) is 9.30. The molecule has 0 saturated carbocycles. The zero-order valence-corrected chi connectivity index (χ0v) is 16.9. The minimum absolute atomic E-state index is 0.433. The van der Waals surface area contributed by atoms with E-state index in [1.165, 1.54) is 0 Å². The highest BCUT2D eigenvalue weighted by molar-refractivity contribution is 6.30. The minimum atomic E-state index is -0.852. The van der Waals surface area contributed by atoms with Crippen LogP contribution < -0.4 is 9.64 Å². The number of aromatic amines is 1.